The van der Waals surface area contributed by atoms with Crippen LogP contribution < -0.4 is 5.32 Å². The van der Waals surface area contributed by atoms with Crippen LogP contribution in [0.5, 0.6) is 0 Å². The molecule has 1 rings (SSSR count). The Hall–Kier alpha value is -1.00. The van der Waals surface area contributed by atoms with Gasteiger partial charge in [-0.2, -0.15) is 0 Å². The van der Waals surface area contributed by atoms with Gasteiger partial charge in [-0.25, -0.2) is 0 Å². The van der Waals surface area contributed by atoms with E-state index in [4.69, 9.17) is 5.11 Å². The predicted molar refractivity (Wildman–Crippen MR) is 71.0 cm³/mol. The van der Waals surface area contributed by atoms with Crippen molar-refractivity contribution in [1.29, 1.82) is 0 Å². The lowest BCUT2D eigenvalue weighted by Gasteiger charge is -2.20. The summed E-state index contributed by atoms with van der Waals surface area (Å²) < 4.78 is 0. The van der Waals surface area contributed by atoms with E-state index in [1.165, 1.54) is 11.8 Å². The van der Waals surface area contributed by atoms with E-state index in [-0.39, 0.29) is 18.1 Å². The number of nitrogens with one attached hydrogen (secondary N) is 1. The summed E-state index contributed by atoms with van der Waals surface area (Å²) in [4.78, 5) is 12.6. The molecule has 1 aromatic rings. The highest BCUT2D eigenvalue weighted by Crippen LogP contribution is 2.19. The topological polar surface area (TPSA) is 49.3 Å². The van der Waals surface area contributed by atoms with E-state index in [1.807, 2.05) is 45.0 Å². The second-order valence-corrected chi connectivity index (χ2v) is 5.94. The summed E-state index contributed by atoms with van der Waals surface area (Å²) >= 11 is 1.48. The molecule has 17 heavy (non-hydrogen) atoms. The average molecular weight is 253 g/mol. The van der Waals surface area contributed by atoms with Gasteiger partial charge in [0.05, 0.1) is 12.4 Å². The number of aliphatic hydroxyl groups excluding tert-OH is 1. The normalized spacial score (nSPS) is 11.3. The number of carbonyl (C=O) groups is 1. The van der Waals surface area contributed by atoms with Crippen LogP contribution in [0.2, 0.25) is 0 Å². The molecule has 94 valence electrons. The molecule has 0 spiro atoms. The Kier molecular flexibility index (Phi) is 5.02. The Morgan fingerprint density at radius 1 is 1.41 bits per heavy atom. The molecule has 0 aromatic heterocycles. The second kappa shape index (κ2) is 6.07. The molecule has 1 aromatic carbocycles. The summed E-state index contributed by atoms with van der Waals surface area (Å²) in [5.41, 5.74) is 0.677. The monoisotopic (exact) mass is 253 g/mol. The maximum Gasteiger partial charge on any atom is 0.230 e. The number of hydrogen-bond donors (Lipinski definition) is 2. The summed E-state index contributed by atoms with van der Waals surface area (Å²) in [6.07, 6.45) is 0. The van der Waals surface area contributed by atoms with Crippen LogP contribution >= 0.6 is 11.8 Å². The van der Waals surface area contributed by atoms with Gasteiger partial charge in [-0.15, -0.1) is 11.8 Å². The fraction of sp³-hybridized carbons (Fsp3) is 0.462. The largest absolute Gasteiger partial charge is 0.392 e. The van der Waals surface area contributed by atoms with Gasteiger partial charge in [-0.1, -0.05) is 12.1 Å². The van der Waals surface area contributed by atoms with E-state index in [0.717, 1.165) is 10.5 Å². The van der Waals surface area contributed by atoms with Crippen molar-refractivity contribution in [1.82, 2.24) is 5.32 Å². The highest BCUT2D eigenvalue weighted by Gasteiger charge is 2.13. The van der Waals surface area contributed by atoms with Crippen LogP contribution in [-0.2, 0) is 11.4 Å². The molecule has 0 bridgehead atoms. The second-order valence-electron chi connectivity index (χ2n) is 4.89. The maximum absolute atomic E-state index is 11.6. The van der Waals surface area contributed by atoms with E-state index in [0.29, 0.717) is 5.75 Å². The molecule has 0 aliphatic carbocycles. The average Bonchev–Trinajstić information content (AvgIpc) is 2.24. The first-order valence-corrected chi connectivity index (χ1v) is 6.53. The molecule has 0 saturated heterocycles. The summed E-state index contributed by atoms with van der Waals surface area (Å²) in [5.74, 6) is 0.420. The fourth-order valence-corrected chi connectivity index (χ4v) is 2.12. The Bertz CT molecular complexity index is 385. The van der Waals surface area contributed by atoms with Crippen LogP contribution in [0.3, 0.4) is 0 Å². The first-order chi connectivity index (χ1) is 7.90. The minimum Gasteiger partial charge on any atom is -0.392 e. The lowest BCUT2D eigenvalue weighted by atomic mass is 10.1. The molecule has 0 unspecified atom stereocenters. The zero-order valence-corrected chi connectivity index (χ0v) is 11.3. The number of thioether (sulfide) groups is 1. The van der Waals surface area contributed by atoms with Gasteiger partial charge in [0.1, 0.15) is 0 Å². The Morgan fingerprint density at radius 2 is 2.12 bits per heavy atom. The predicted octanol–water partition coefficient (Wildman–Crippen LogP) is 2.19. The highest BCUT2D eigenvalue weighted by atomic mass is 32.2. The molecule has 0 saturated carbocycles. The summed E-state index contributed by atoms with van der Waals surface area (Å²) in [5, 5.41) is 11.9. The molecule has 0 aliphatic heterocycles. The highest BCUT2D eigenvalue weighted by molar-refractivity contribution is 8.00. The minimum atomic E-state index is -0.190. The Balaban J connectivity index is 2.47. The third-order valence-electron chi connectivity index (χ3n) is 1.97. The quantitative estimate of drug-likeness (QED) is 0.809. The van der Waals surface area contributed by atoms with Crippen LogP contribution in [0.25, 0.3) is 0 Å². The molecule has 0 radical (unpaired) electrons. The summed E-state index contributed by atoms with van der Waals surface area (Å²) in [6, 6.07) is 7.58. The molecule has 0 heterocycles. The number of benzene rings is 1. The van der Waals surface area contributed by atoms with Crippen LogP contribution in [0.1, 0.15) is 26.3 Å². The van der Waals surface area contributed by atoms with E-state index in [9.17, 15) is 4.79 Å². The van der Waals surface area contributed by atoms with E-state index < -0.39 is 0 Å². The van der Waals surface area contributed by atoms with E-state index in [2.05, 4.69) is 5.32 Å². The Labute approximate surface area is 107 Å². The lowest BCUT2D eigenvalue weighted by molar-refractivity contribution is -0.119. The van der Waals surface area contributed by atoms with Crippen molar-refractivity contribution >= 4 is 17.7 Å². The van der Waals surface area contributed by atoms with Crippen molar-refractivity contribution in [2.45, 2.75) is 37.8 Å². The molecular formula is C13H19NO2S. The van der Waals surface area contributed by atoms with Gasteiger partial charge in [-0.05, 0) is 38.5 Å². The first kappa shape index (κ1) is 14.1. The minimum absolute atomic E-state index is 0.0249. The molecule has 0 fully saturated rings. The first-order valence-electron chi connectivity index (χ1n) is 5.54. The van der Waals surface area contributed by atoms with Gasteiger partial charge in [0.25, 0.3) is 0 Å². The van der Waals surface area contributed by atoms with Crippen molar-refractivity contribution in [2.75, 3.05) is 5.75 Å². The van der Waals surface area contributed by atoms with Crippen molar-refractivity contribution in [3.8, 4) is 0 Å². The summed E-state index contributed by atoms with van der Waals surface area (Å²) in [7, 11) is 0. The summed E-state index contributed by atoms with van der Waals surface area (Å²) in [6.45, 7) is 5.91. The molecule has 0 atom stereocenters. The third-order valence-corrected chi connectivity index (χ3v) is 2.96. The van der Waals surface area contributed by atoms with Crippen molar-refractivity contribution in [2.24, 2.45) is 0 Å². The Morgan fingerprint density at radius 3 is 2.71 bits per heavy atom. The maximum atomic E-state index is 11.6. The number of carbonyl (C=O) groups excluding carboxylic acids is 1. The number of hydrogen-bond acceptors (Lipinski definition) is 3. The number of rotatable bonds is 4. The SMILES string of the molecule is CC(C)(C)NC(=O)CSc1cccc(CO)c1. The van der Waals surface area contributed by atoms with Gasteiger partial charge in [0, 0.05) is 10.4 Å². The van der Waals surface area contributed by atoms with Gasteiger partial charge >= 0.3 is 0 Å². The zero-order valence-electron chi connectivity index (χ0n) is 10.5. The van der Waals surface area contributed by atoms with E-state index >= 15 is 0 Å². The van der Waals surface area contributed by atoms with E-state index in [1.54, 1.807) is 0 Å². The molecule has 4 heteroatoms. The van der Waals surface area contributed by atoms with Gasteiger partial charge in [0.2, 0.25) is 5.91 Å². The fourth-order valence-electron chi connectivity index (χ4n) is 1.34. The molecule has 3 nitrogen and oxygen atoms in total. The molecule has 2 N–H and O–H groups in total. The van der Waals surface area contributed by atoms with Crippen LogP contribution in [-0.4, -0.2) is 22.3 Å². The third kappa shape index (κ3) is 5.75. The van der Waals surface area contributed by atoms with Crippen LogP contribution in [0, 0.1) is 0 Å². The van der Waals surface area contributed by atoms with Crippen LogP contribution in [0.4, 0.5) is 0 Å². The van der Waals surface area contributed by atoms with Crippen molar-refractivity contribution in [3.05, 3.63) is 29.8 Å². The van der Waals surface area contributed by atoms with Gasteiger partial charge < -0.3 is 10.4 Å². The van der Waals surface area contributed by atoms with Gasteiger partial charge in [0.15, 0.2) is 0 Å². The van der Waals surface area contributed by atoms with Crippen molar-refractivity contribution in [3.63, 3.8) is 0 Å². The number of amides is 1. The molecule has 0 aliphatic rings. The smallest absolute Gasteiger partial charge is 0.230 e. The van der Waals surface area contributed by atoms with Gasteiger partial charge in [-0.3, -0.25) is 4.79 Å². The standard InChI is InChI=1S/C13H19NO2S/c1-13(2,3)14-12(16)9-17-11-6-4-5-10(7-11)8-15/h4-7,15H,8-9H2,1-3H3,(H,14,16). The van der Waals surface area contributed by atoms with Crippen molar-refractivity contribution < 1.29 is 9.90 Å². The number of aliphatic hydroxyl groups is 1. The molecule has 1 amide bonds. The lowest BCUT2D eigenvalue weighted by Crippen LogP contribution is -2.41. The molecular weight excluding hydrogens is 234 g/mol. The van der Waals surface area contributed by atoms with Crippen LogP contribution in [0.15, 0.2) is 29.2 Å². The zero-order chi connectivity index (χ0) is 12.9.